The van der Waals surface area contributed by atoms with Crippen LogP contribution in [0.5, 0.6) is 11.5 Å². The number of carbonyl (C=O) groups is 1. The van der Waals surface area contributed by atoms with Crippen molar-refractivity contribution >= 4 is 5.91 Å². The highest BCUT2D eigenvalue weighted by molar-refractivity contribution is 5.94. The first-order valence-electron chi connectivity index (χ1n) is 10.2. The number of amides is 1. The second kappa shape index (κ2) is 10.1. The molecular formula is C22H28N4O5. The Morgan fingerprint density at radius 1 is 1.16 bits per heavy atom. The Kier molecular flexibility index (Phi) is 7.28. The van der Waals surface area contributed by atoms with Gasteiger partial charge in [-0.2, -0.15) is 4.98 Å². The van der Waals surface area contributed by atoms with E-state index in [1.54, 1.807) is 18.2 Å². The number of aromatic nitrogens is 3. The quantitative estimate of drug-likeness (QED) is 0.486. The third kappa shape index (κ3) is 5.62. The minimum absolute atomic E-state index is 0.191. The smallest absolute Gasteiger partial charge is 0.251 e. The number of nitrogens with one attached hydrogen (secondary N) is 1. The monoisotopic (exact) mass is 428 g/mol. The Bertz CT molecular complexity index is 1010. The van der Waals surface area contributed by atoms with Crippen molar-refractivity contribution in [3.8, 4) is 11.5 Å². The van der Waals surface area contributed by atoms with Gasteiger partial charge in [0.15, 0.2) is 17.3 Å². The standard InChI is InChI=1S/C22H28N4O5/c1-13(2)21-24-20(31-26-21)7-6-10-23-22(27)16-8-9-18(19(11-16)28-5)29-12-17-14(3)25-30-15(17)4/h8-9,11,13H,6-7,10,12H2,1-5H3,(H,23,27). The molecule has 1 aromatic carbocycles. The first-order valence-corrected chi connectivity index (χ1v) is 10.2. The van der Waals surface area contributed by atoms with Crippen molar-refractivity contribution in [1.29, 1.82) is 0 Å². The molecule has 0 aliphatic heterocycles. The lowest BCUT2D eigenvalue weighted by Crippen LogP contribution is -2.24. The number of methoxy groups -OCH3 is 1. The fraction of sp³-hybridized carbons (Fsp3) is 0.455. The van der Waals surface area contributed by atoms with E-state index in [2.05, 4.69) is 20.6 Å². The van der Waals surface area contributed by atoms with Crippen LogP contribution >= 0.6 is 0 Å². The van der Waals surface area contributed by atoms with Gasteiger partial charge in [0, 0.05) is 24.4 Å². The van der Waals surface area contributed by atoms with Gasteiger partial charge in [0.25, 0.3) is 5.91 Å². The zero-order valence-electron chi connectivity index (χ0n) is 18.5. The molecule has 9 heteroatoms. The van der Waals surface area contributed by atoms with Crippen molar-refractivity contribution in [3.05, 3.63) is 52.5 Å². The van der Waals surface area contributed by atoms with E-state index in [1.165, 1.54) is 7.11 Å². The minimum Gasteiger partial charge on any atom is -0.493 e. The SMILES string of the molecule is COc1cc(C(=O)NCCCc2nc(C(C)C)no2)ccc1OCc1c(C)noc1C. The molecule has 0 radical (unpaired) electrons. The van der Waals surface area contributed by atoms with Gasteiger partial charge in [0.1, 0.15) is 12.4 Å². The molecule has 0 aliphatic rings. The summed E-state index contributed by atoms with van der Waals surface area (Å²) in [4.78, 5) is 16.8. The molecule has 0 atom stereocenters. The van der Waals surface area contributed by atoms with Crippen LogP contribution in [0.3, 0.4) is 0 Å². The first-order chi connectivity index (χ1) is 14.9. The highest BCUT2D eigenvalue weighted by Crippen LogP contribution is 2.29. The maximum atomic E-state index is 12.5. The molecule has 1 N–H and O–H groups in total. The van der Waals surface area contributed by atoms with E-state index in [0.29, 0.717) is 60.5 Å². The first kappa shape index (κ1) is 22.3. The highest BCUT2D eigenvalue weighted by atomic mass is 16.5. The van der Waals surface area contributed by atoms with Gasteiger partial charge in [-0.15, -0.1) is 0 Å². The Labute approximate surface area is 181 Å². The van der Waals surface area contributed by atoms with Gasteiger partial charge in [0.05, 0.1) is 18.4 Å². The van der Waals surface area contributed by atoms with Crippen molar-refractivity contribution in [2.75, 3.05) is 13.7 Å². The predicted molar refractivity (Wildman–Crippen MR) is 112 cm³/mol. The molecule has 166 valence electrons. The van der Waals surface area contributed by atoms with Crippen LogP contribution in [0, 0.1) is 13.8 Å². The number of hydrogen-bond donors (Lipinski definition) is 1. The molecule has 0 saturated heterocycles. The maximum Gasteiger partial charge on any atom is 0.251 e. The van der Waals surface area contributed by atoms with E-state index in [-0.39, 0.29) is 11.8 Å². The second-order valence-corrected chi connectivity index (χ2v) is 7.52. The van der Waals surface area contributed by atoms with Gasteiger partial charge in [0.2, 0.25) is 5.89 Å². The van der Waals surface area contributed by atoms with Crippen LogP contribution in [0.4, 0.5) is 0 Å². The summed E-state index contributed by atoms with van der Waals surface area (Å²) in [6.45, 7) is 8.52. The molecule has 0 bridgehead atoms. The zero-order valence-corrected chi connectivity index (χ0v) is 18.5. The van der Waals surface area contributed by atoms with E-state index in [9.17, 15) is 4.79 Å². The van der Waals surface area contributed by atoms with Gasteiger partial charge in [-0.3, -0.25) is 4.79 Å². The number of nitrogens with zero attached hydrogens (tertiary/aromatic N) is 3. The number of ether oxygens (including phenoxy) is 2. The fourth-order valence-corrected chi connectivity index (χ4v) is 2.93. The number of aryl methyl sites for hydroxylation is 3. The molecule has 3 aromatic rings. The van der Waals surface area contributed by atoms with E-state index in [0.717, 1.165) is 11.3 Å². The van der Waals surface area contributed by atoms with Crippen LogP contribution in [-0.4, -0.2) is 34.9 Å². The van der Waals surface area contributed by atoms with Crippen LogP contribution in [-0.2, 0) is 13.0 Å². The van der Waals surface area contributed by atoms with Gasteiger partial charge in [-0.1, -0.05) is 24.2 Å². The average Bonchev–Trinajstić information content (AvgIpc) is 3.36. The number of rotatable bonds is 10. The Morgan fingerprint density at radius 2 is 1.97 bits per heavy atom. The molecule has 0 fully saturated rings. The normalized spacial score (nSPS) is 11.0. The van der Waals surface area contributed by atoms with Gasteiger partial charge < -0.3 is 23.8 Å². The average molecular weight is 428 g/mol. The van der Waals surface area contributed by atoms with Crippen LogP contribution < -0.4 is 14.8 Å². The van der Waals surface area contributed by atoms with Crippen molar-refractivity contribution in [3.63, 3.8) is 0 Å². The fourth-order valence-electron chi connectivity index (χ4n) is 2.93. The summed E-state index contributed by atoms with van der Waals surface area (Å²) >= 11 is 0. The van der Waals surface area contributed by atoms with E-state index < -0.39 is 0 Å². The molecule has 0 aliphatic carbocycles. The minimum atomic E-state index is -0.191. The Morgan fingerprint density at radius 3 is 2.61 bits per heavy atom. The number of benzene rings is 1. The summed E-state index contributed by atoms with van der Waals surface area (Å²) in [7, 11) is 1.54. The van der Waals surface area contributed by atoms with E-state index in [4.69, 9.17) is 18.5 Å². The maximum absolute atomic E-state index is 12.5. The summed E-state index contributed by atoms with van der Waals surface area (Å²) in [5.74, 6) is 3.05. The van der Waals surface area contributed by atoms with Gasteiger partial charge >= 0.3 is 0 Å². The molecule has 2 heterocycles. The van der Waals surface area contributed by atoms with Crippen LogP contribution in [0.15, 0.2) is 27.2 Å². The molecule has 31 heavy (non-hydrogen) atoms. The summed E-state index contributed by atoms with van der Waals surface area (Å²) in [6.07, 6.45) is 1.30. The van der Waals surface area contributed by atoms with Crippen molar-refractivity contribution in [2.24, 2.45) is 0 Å². The van der Waals surface area contributed by atoms with Crippen LogP contribution in [0.25, 0.3) is 0 Å². The molecule has 0 unspecified atom stereocenters. The Balaban J connectivity index is 1.52. The topological polar surface area (TPSA) is 113 Å². The molecule has 3 rings (SSSR count). The number of hydrogen-bond acceptors (Lipinski definition) is 8. The van der Waals surface area contributed by atoms with Crippen molar-refractivity contribution in [2.45, 2.75) is 53.1 Å². The summed E-state index contributed by atoms with van der Waals surface area (Å²) in [6, 6.07) is 5.08. The lowest BCUT2D eigenvalue weighted by Gasteiger charge is -2.12. The summed E-state index contributed by atoms with van der Waals surface area (Å²) in [5, 5.41) is 10.7. The zero-order chi connectivity index (χ0) is 22.4. The molecule has 0 saturated carbocycles. The molecular weight excluding hydrogens is 400 g/mol. The van der Waals surface area contributed by atoms with Crippen molar-refractivity contribution < 1.29 is 23.3 Å². The summed E-state index contributed by atoms with van der Waals surface area (Å²) < 4.78 is 21.6. The molecule has 9 nitrogen and oxygen atoms in total. The third-order valence-electron chi connectivity index (χ3n) is 4.83. The van der Waals surface area contributed by atoms with E-state index in [1.807, 2.05) is 27.7 Å². The highest BCUT2D eigenvalue weighted by Gasteiger charge is 2.14. The largest absolute Gasteiger partial charge is 0.493 e. The van der Waals surface area contributed by atoms with Gasteiger partial charge in [-0.05, 0) is 38.5 Å². The third-order valence-corrected chi connectivity index (χ3v) is 4.83. The second-order valence-electron chi connectivity index (χ2n) is 7.52. The van der Waals surface area contributed by atoms with Crippen LogP contribution in [0.2, 0.25) is 0 Å². The molecule has 0 spiro atoms. The van der Waals surface area contributed by atoms with E-state index >= 15 is 0 Å². The van der Waals surface area contributed by atoms with Crippen molar-refractivity contribution in [1.82, 2.24) is 20.6 Å². The van der Waals surface area contributed by atoms with Gasteiger partial charge in [-0.25, -0.2) is 0 Å². The number of carbonyl (C=O) groups excluding carboxylic acids is 1. The molecule has 2 aromatic heterocycles. The van der Waals surface area contributed by atoms with Crippen LogP contribution in [0.1, 0.15) is 65.3 Å². The predicted octanol–water partition coefficient (Wildman–Crippen LogP) is 3.75. The Hall–Kier alpha value is -3.36. The molecule has 1 amide bonds. The lowest BCUT2D eigenvalue weighted by molar-refractivity contribution is 0.0952. The lowest BCUT2D eigenvalue weighted by atomic mass is 10.1. The summed E-state index contributed by atoms with van der Waals surface area (Å²) in [5.41, 5.74) is 2.17.